The number of nitrogens with two attached hydrogens (primary N) is 1. The Hall–Kier alpha value is -1.13. The van der Waals surface area contributed by atoms with Crippen molar-refractivity contribution in [2.75, 3.05) is 20.2 Å². The number of fused-ring (bicyclic) bond motifs is 1. The lowest BCUT2D eigenvalue weighted by Gasteiger charge is -2.26. The summed E-state index contributed by atoms with van der Waals surface area (Å²) in [6, 6.07) is 8.64. The highest BCUT2D eigenvalue weighted by atomic mass is 32.1. The maximum atomic E-state index is 5.70. The van der Waals surface area contributed by atoms with Gasteiger partial charge < -0.3 is 15.4 Å². The van der Waals surface area contributed by atoms with Crippen LogP contribution in [0, 0.1) is 0 Å². The van der Waals surface area contributed by atoms with Crippen LogP contribution in [0.25, 0.3) is 0 Å². The molecule has 1 aromatic rings. The predicted molar refractivity (Wildman–Crippen MR) is 78.2 cm³/mol. The summed E-state index contributed by atoms with van der Waals surface area (Å²) in [5.41, 5.74) is 6.91. The first kappa shape index (κ1) is 13.3. The molecule has 0 bridgehead atoms. The van der Waals surface area contributed by atoms with E-state index in [9.17, 15) is 0 Å². The fourth-order valence-corrected chi connectivity index (χ4v) is 2.60. The van der Waals surface area contributed by atoms with Gasteiger partial charge in [0.2, 0.25) is 0 Å². The summed E-state index contributed by atoms with van der Waals surface area (Å²) >= 11 is 4.96. The van der Waals surface area contributed by atoms with E-state index in [0.717, 1.165) is 25.3 Å². The zero-order valence-electron chi connectivity index (χ0n) is 10.9. The summed E-state index contributed by atoms with van der Waals surface area (Å²) in [7, 11) is 2.11. The lowest BCUT2D eigenvalue weighted by Crippen LogP contribution is -2.35. The van der Waals surface area contributed by atoms with Gasteiger partial charge in [-0.15, -0.1) is 0 Å². The first-order valence-electron chi connectivity index (χ1n) is 6.28. The lowest BCUT2D eigenvalue weighted by molar-refractivity contribution is 0.226. The predicted octanol–water partition coefficient (Wildman–Crippen LogP) is 2.16. The summed E-state index contributed by atoms with van der Waals surface area (Å²) in [5, 5.41) is 0. The molecule has 1 aliphatic rings. The van der Waals surface area contributed by atoms with Crippen LogP contribution in [-0.4, -0.2) is 36.1 Å². The molecule has 0 aliphatic carbocycles. The Morgan fingerprint density at radius 1 is 1.56 bits per heavy atom. The van der Waals surface area contributed by atoms with Crippen LogP contribution in [0.3, 0.4) is 0 Å². The first-order valence-corrected chi connectivity index (χ1v) is 6.69. The van der Waals surface area contributed by atoms with Crippen LogP contribution in [0.4, 0.5) is 0 Å². The van der Waals surface area contributed by atoms with Crippen molar-refractivity contribution in [1.82, 2.24) is 4.90 Å². The number of hydrogen-bond acceptors (Lipinski definition) is 3. The van der Waals surface area contributed by atoms with E-state index in [4.69, 9.17) is 22.7 Å². The van der Waals surface area contributed by atoms with Crippen LogP contribution in [0.1, 0.15) is 24.8 Å². The van der Waals surface area contributed by atoms with Crippen molar-refractivity contribution in [3.8, 4) is 5.75 Å². The minimum absolute atomic E-state index is 0.371. The SMILES string of the molecule is CC(CC(N)=S)N(C)CC1COc2ccccc21. The molecule has 2 unspecified atom stereocenters. The van der Waals surface area contributed by atoms with E-state index in [1.165, 1.54) is 5.56 Å². The number of benzene rings is 1. The topological polar surface area (TPSA) is 38.5 Å². The molecule has 1 heterocycles. The number of thiocarbonyl (C=S) groups is 1. The lowest BCUT2D eigenvalue weighted by atomic mass is 10.00. The molecule has 0 amide bonds. The Morgan fingerprint density at radius 3 is 3.00 bits per heavy atom. The molecular weight excluding hydrogens is 244 g/mol. The molecule has 0 radical (unpaired) electrons. The number of rotatable bonds is 5. The molecule has 18 heavy (non-hydrogen) atoms. The highest BCUT2D eigenvalue weighted by Crippen LogP contribution is 2.33. The highest BCUT2D eigenvalue weighted by Gasteiger charge is 2.25. The van der Waals surface area contributed by atoms with Crippen molar-refractivity contribution >= 4 is 17.2 Å². The minimum Gasteiger partial charge on any atom is -0.493 e. The van der Waals surface area contributed by atoms with Gasteiger partial charge in [0.05, 0.1) is 11.6 Å². The van der Waals surface area contributed by atoms with Crippen LogP contribution < -0.4 is 10.5 Å². The van der Waals surface area contributed by atoms with Crippen molar-refractivity contribution in [2.24, 2.45) is 5.73 Å². The smallest absolute Gasteiger partial charge is 0.122 e. The van der Waals surface area contributed by atoms with Gasteiger partial charge in [0.1, 0.15) is 5.75 Å². The Balaban J connectivity index is 1.97. The van der Waals surface area contributed by atoms with Crippen LogP contribution >= 0.6 is 12.2 Å². The fourth-order valence-electron chi connectivity index (χ4n) is 2.36. The summed E-state index contributed by atoms with van der Waals surface area (Å²) in [5.74, 6) is 1.47. The zero-order valence-corrected chi connectivity index (χ0v) is 11.7. The molecule has 2 atom stereocenters. The number of hydrogen-bond donors (Lipinski definition) is 1. The van der Waals surface area contributed by atoms with Crippen molar-refractivity contribution in [2.45, 2.75) is 25.3 Å². The summed E-state index contributed by atoms with van der Waals surface area (Å²) in [6.45, 7) is 3.89. The van der Waals surface area contributed by atoms with Gasteiger partial charge in [-0.2, -0.15) is 0 Å². The second-order valence-corrected chi connectivity index (χ2v) is 5.53. The summed E-state index contributed by atoms with van der Waals surface area (Å²) in [6.07, 6.45) is 0.765. The molecular formula is C14H20N2OS. The number of para-hydroxylation sites is 1. The molecule has 2 N–H and O–H groups in total. The van der Waals surface area contributed by atoms with E-state index < -0.39 is 0 Å². The second-order valence-electron chi connectivity index (χ2n) is 5.00. The maximum Gasteiger partial charge on any atom is 0.122 e. The molecule has 98 valence electrons. The van der Waals surface area contributed by atoms with E-state index in [-0.39, 0.29) is 0 Å². The van der Waals surface area contributed by atoms with Gasteiger partial charge >= 0.3 is 0 Å². The molecule has 0 saturated heterocycles. The van der Waals surface area contributed by atoms with Crippen LogP contribution in [-0.2, 0) is 0 Å². The van der Waals surface area contributed by atoms with Crippen LogP contribution in [0.2, 0.25) is 0 Å². The monoisotopic (exact) mass is 264 g/mol. The largest absolute Gasteiger partial charge is 0.493 e. The molecule has 1 aromatic carbocycles. The van der Waals surface area contributed by atoms with E-state index in [0.29, 0.717) is 16.9 Å². The molecule has 0 aromatic heterocycles. The van der Waals surface area contributed by atoms with Crippen molar-refractivity contribution in [3.63, 3.8) is 0 Å². The third-order valence-corrected chi connectivity index (χ3v) is 3.72. The maximum absolute atomic E-state index is 5.70. The Labute approximate surface area is 114 Å². The molecule has 2 rings (SSSR count). The summed E-state index contributed by atoms with van der Waals surface area (Å²) in [4.78, 5) is 2.88. The van der Waals surface area contributed by atoms with Crippen LogP contribution in [0.15, 0.2) is 24.3 Å². The van der Waals surface area contributed by atoms with Crippen LogP contribution in [0.5, 0.6) is 5.75 Å². The quantitative estimate of drug-likeness (QED) is 0.827. The van der Waals surface area contributed by atoms with Gasteiger partial charge in [-0.25, -0.2) is 0 Å². The van der Waals surface area contributed by atoms with E-state index >= 15 is 0 Å². The van der Waals surface area contributed by atoms with Gasteiger partial charge in [-0.05, 0) is 20.0 Å². The summed E-state index contributed by atoms with van der Waals surface area (Å²) < 4.78 is 5.70. The second kappa shape index (κ2) is 5.67. The third kappa shape index (κ3) is 3.00. The zero-order chi connectivity index (χ0) is 13.1. The average molecular weight is 264 g/mol. The number of likely N-dealkylation sites (N-methyl/N-ethyl adjacent to an activating group) is 1. The first-order chi connectivity index (χ1) is 8.58. The molecule has 0 fully saturated rings. The number of nitrogens with zero attached hydrogens (tertiary/aromatic N) is 1. The fraction of sp³-hybridized carbons (Fsp3) is 0.500. The Bertz CT molecular complexity index is 436. The minimum atomic E-state index is 0.371. The third-order valence-electron chi connectivity index (χ3n) is 3.56. The van der Waals surface area contributed by atoms with Gasteiger partial charge in [-0.1, -0.05) is 30.4 Å². The van der Waals surface area contributed by atoms with Gasteiger partial charge in [0, 0.05) is 30.5 Å². The molecule has 1 aliphatic heterocycles. The van der Waals surface area contributed by atoms with E-state index in [1.807, 2.05) is 12.1 Å². The van der Waals surface area contributed by atoms with E-state index in [1.54, 1.807) is 0 Å². The standard InChI is InChI=1S/C14H20N2OS/c1-10(7-14(15)18)16(2)8-11-9-17-13-6-4-3-5-12(11)13/h3-6,10-11H,7-9H2,1-2H3,(H2,15,18). The molecule has 4 heteroatoms. The van der Waals surface area contributed by atoms with E-state index in [2.05, 4.69) is 31.0 Å². The number of ether oxygens (including phenoxy) is 1. The van der Waals surface area contributed by atoms with Gasteiger partial charge in [0.15, 0.2) is 0 Å². The molecule has 3 nitrogen and oxygen atoms in total. The van der Waals surface area contributed by atoms with Crippen molar-refractivity contribution in [3.05, 3.63) is 29.8 Å². The normalized spacial score (nSPS) is 19.4. The molecule has 0 saturated carbocycles. The Morgan fingerprint density at radius 2 is 2.28 bits per heavy atom. The highest BCUT2D eigenvalue weighted by molar-refractivity contribution is 7.80. The Kier molecular flexibility index (Phi) is 4.19. The van der Waals surface area contributed by atoms with Gasteiger partial charge in [0.25, 0.3) is 0 Å². The van der Waals surface area contributed by atoms with Crippen molar-refractivity contribution < 1.29 is 4.74 Å². The average Bonchev–Trinajstić information content (AvgIpc) is 2.72. The van der Waals surface area contributed by atoms with Gasteiger partial charge in [-0.3, -0.25) is 0 Å². The molecule has 0 spiro atoms. The van der Waals surface area contributed by atoms with Crippen molar-refractivity contribution in [1.29, 1.82) is 0 Å².